The van der Waals surface area contributed by atoms with Crippen LogP contribution in [0.1, 0.15) is 207 Å². The number of unbranched alkanes of at least 4 members (excludes halogenated alkanes) is 7. The number of aliphatic hydroxyl groups excluding tert-OH is 1. The summed E-state index contributed by atoms with van der Waals surface area (Å²) in [6.45, 7) is 27.7. The zero-order valence-corrected chi connectivity index (χ0v) is 62.2. The average molecular weight is 1330 g/mol. The van der Waals surface area contributed by atoms with Crippen LogP contribution in [0.3, 0.4) is 0 Å². The van der Waals surface area contributed by atoms with Crippen LogP contribution in [-0.4, -0.2) is 228 Å². The number of nitrogens with zero attached hydrogens (tertiary/aromatic N) is 7. The maximum absolute atomic E-state index is 15.1. The highest BCUT2D eigenvalue weighted by Crippen LogP contribution is 2.27. The summed E-state index contributed by atoms with van der Waals surface area (Å²) in [6, 6.07) is -9.28. The van der Waals surface area contributed by atoms with Gasteiger partial charge in [-0.1, -0.05) is 149 Å². The van der Waals surface area contributed by atoms with Crippen molar-refractivity contribution in [3.05, 3.63) is 0 Å². The van der Waals surface area contributed by atoms with Crippen molar-refractivity contribution in [1.29, 1.82) is 0 Å². The number of amides is 11. The van der Waals surface area contributed by atoms with Crippen molar-refractivity contribution in [2.75, 3.05) is 62.9 Å². The van der Waals surface area contributed by atoms with E-state index in [0.717, 1.165) is 43.4 Å². The fourth-order valence-corrected chi connectivity index (χ4v) is 12.2. The van der Waals surface area contributed by atoms with Crippen LogP contribution in [0, 0.1) is 53.3 Å². The quantitative estimate of drug-likeness (QED) is 0.0796. The summed E-state index contributed by atoms with van der Waals surface area (Å²) >= 11 is 0. The number of rotatable bonds is 22. The second-order valence-corrected chi connectivity index (χ2v) is 29.3. The van der Waals surface area contributed by atoms with E-state index in [1.807, 2.05) is 55.4 Å². The Morgan fingerprint density at radius 3 is 1.36 bits per heavy atom. The second kappa shape index (κ2) is 41.0. The number of hydrogen-bond acceptors (Lipinski definition) is 13. The number of carbonyl (C=O) groups excluding carboxylic acids is 12. The van der Waals surface area contributed by atoms with Gasteiger partial charge in [0, 0.05) is 74.6 Å². The smallest absolute Gasteiger partial charge is 0.247 e. The number of nitrogens with one attached hydrogen (secondary N) is 4. The summed E-state index contributed by atoms with van der Waals surface area (Å²) in [6.07, 6.45) is 6.07. The van der Waals surface area contributed by atoms with E-state index in [1.165, 1.54) is 73.7 Å². The Balaban J connectivity index is 4.18. The Bertz CT molecular complexity index is 2510. The number of Topliss-reactive ketones (excluding diaryl/α,β-unsaturated/α-hetero) is 1. The second-order valence-electron chi connectivity index (χ2n) is 29.3. The standard InChI is InChI=1S/C70H127N11O13/c1-25-51-60(84)47(14)48(15)65(89)77(20)53(37-42(4)5)64(88)74-58(45(10)11)69(93)78(21)52(36-41(2)3)63(87)72-49(16)61(85)71-40-57(83)76(19)54(38-43(6)7)67(91)79(22)55(39-44(8)9)68(92)80(23)59(46(12)13)70(94)81(24)66(90)50(62(86)73-51)34-32-30-28-26-27-29-31-33-35-56(82)75(17)18/h41-55,58-59,66,90H,25-40H2,1-24H3,(H,71,85)(H,72,87)(H,73,86)(H,74,88). The number of aliphatic hydroxyl groups is 1. The molecular weight excluding hydrogens is 1200 g/mol. The molecule has 12 unspecified atom stereocenters. The Morgan fingerprint density at radius 2 is 0.904 bits per heavy atom. The molecule has 94 heavy (non-hydrogen) atoms. The summed E-state index contributed by atoms with van der Waals surface area (Å²) in [5.41, 5.74) is 0. The molecule has 540 valence electrons. The Hall–Kier alpha value is -6.20. The van der Waals surface area contributed by atoms with Crippen molar-refractivity contribution >= 4 is 70.8 Å². The first-order valence-electron chi connectivity index (χ1n) is 34.8. The molecule has 0 saturated carbocycles. The molecule has 5 N–H and O–H groups in total. The molecule has 1 saturated heterocycles. The lowest BCUT2D eigenvalue weighted by molar-refractivity contribution is -0.160. The highest BCUT2D eigenvalue weighted by molar-refractivity contribution is 5.99. The van der Waals surface area contributed by atoms with Crippen molar-refractivity contribution in [3.8, 4) is 0 Å². The Morgan fingerprint density at radius 1 is 0.479 bits per heavy atom. The molecular formula is C70H127N11O13. The lowest BCUT2D eigenvalue weighted by Crippen LogP contribution is -2.61. The van der Waals surface area contributed by atoms with Gasteiger partial charge in [-0.15, -0.1) is 0 Å². The average Bonchev–Trinajstić information content (AvgIpc) is 0.817. The first-order chi connectivity index (χ1) is 43.6. The fourth-order valence-electron chi connectivity index (χ4n) is 12.2. The van der Waals surface area contributed by atoms with Gasteiger partial charge in [-0.25, -0.2) is 0 Å². The summed E-state index contributed by atoms with van der Waals surface area (Å²) in [4.78, 5) is 182. The van der Waals surface area contributed by atoms with Gasteiger partial charge in [-0.2, -0.15) is 0 Å². The first-order valence-corrected chi connectivity index (χ1v) is 34.8. The Kier molecular flexibility index (Phi) is 37.5. The Labute approximate surface area is 564 Å². The summed E-state index contributed by atoms with van der Waals surface area (Å²) in [5.74, 6) is -11.7. The zero-order valence-electron chi connectivity index (χ0n) is 62.2. The molecule has 1 aliphatic rings. The van der Waals surface area contributed by atoms with E-state index in [2.05, 4.69) is 21.3 Å². The van der Waals surface area contributed by atoms with E-state index < -0.39 is 156 Å². The SMILES string of the molecule is CCC1NC(=O)C(CCCCCCCCCCC(=O)N(C)C)C(O)N(C)C(=O)C(C(C)C)N(C)C(=O)C(CC(C)C)N(C)C(=O)C(CC(C)C)N(C)C(=O)CNC(=O)C(C)NC(=O)C(CC(C)C)N(C)C(=O)C(C(C)C)NC(=O)C(CC(C)C)N(C)C(=O)C(C)C(C)C1=O. The van der Waals surface area contributed by atoms with Crippen LogP contribution in [0.4, 0.5) is 0 Å². The zero-order chi connectivity index (χ0) is 72.5. The van der Waals surface area contributed by atoms with Crippen LogP contribution in [0.5, 0.6) is 0 Å². The molecule has 0 spiro atoms. The van der Waals surface area contributed by atoms with E-state index in [4.69, 9.17) is 0 Å². The maximum Gasteiger partial charge on any atom is 0.247 e. The van der Waals surface area contributed by atoms with Gasteiger partial charge in [-0.05, 0) is 87.4 Å². The van der Waals surface area contributed by atoms with Crippen molar-refractivity contribution in [1.82, 2.24) is 55.6 Å². The molecule has 24 nitrogen and oxygen atoms in total. The summed E-state index contributed by atoms with van der Waals surface area (Å²) in [7, 11) is 12.1. The monoisotopic (exact) mass is 1330 g/mol. The van der Waals surface area contributed by atoms with Crippen molar-refractivity contribution in [2.45, 2.75) is 262 Å². The van der Waals surface area contributed by atoms with Crippen molar-refractivity contribution in [2.24, 2.45) is 53.3 Å². The predicted octanol–water partition coefficient (Wildman–Crippen LogP) is 5.86. The number of ketones is 1. The van der Waals surface area contributed by atoms with E-state index in [9.17, 15) is 53.1 Å². The minimum absolute atomic E-state index is 0.0912. The van der Waals surface area contributed by atoms with Crippen LogP contribution in [0.15, 0.2) is 0 Å². The van der Waals surface area contributed by atoms with Gasteiger partial charge in [-0.3, -0.25) is 57.5 Å². The van der Waals surface area contributed by atoms with Crippen LogP contribution < -0.4 is 21.3 Å². The number of likely N-dealkylation sites (N-methyl/N-ethyl adjacent to an activating group) is 6. The molecule has 12 atom stereocenters. The predicted molar refractivity (Wildman–Crippen MR) is 366 cm³/mol. The van der Waals surface area contributed by atoms with Crippen LogP contribution in [-0.2, 0) is 57.5 Å². The largest absolute Gasteiger partial charge is 0.373 e. The normalized spacial score (nSPS) is 26.3. The van der Waals surface area contributed by atoms with Gasteiger partial charge >= 0.3 is 0 Å². The molecule has 0 radical (unpaired) electrons. The third-order valence-corrected chi connectivity index (χ3v) is 18.6. The fraction of sp³-hybridized carbons (Fsp3) is 0.829. The van der Waals surface area contributed by atoms with Crippen LogP contribution in [0.25, 0.3) is 0 Å². The minimum Gasteiger partial charge on any atom is -0.373 e. The molecule has 0 aromatic carbocycles. The third kappa shape index (κ3) is 26.1. The number of carbonyl (C=O) groups is 12. The topological polar surface area (TPSA) is 296 Å². The third-order valence-electron chi connectivity index (χ3n) is 18.6. The lowest BCUT2D eigenvalue weighted by Gasteiger charge is -2.40. The van der Waals surface area contributed by atoms with Crippen LogP contribution >= 0.6 is 0 Å². The molecule has 1 heterocycles. The minimum atomic E-state index is -1.76. The van der Waals surface area contributed by atoms with E-state index >= 15 is 9.59 Å². The van der Waals surface area contributed by atoms with E-state index in [1.54, 1.807) is 67.5 Å². The van der Waals surface area contributed by atoms with Gasteiger partial charge in [0.05, 0.1) is 18.5 Å². The van der Waals surface area contributed by atoms with Crippen molar-refractivity contribution in [3.63, 3.8) is 0 Å². The molecule has 0 aromatic heterocycles. The van der Waals surface area contributed by atoms with E-state index in [0.29, 0.717) is 19.3 Å². The van der Waals surface area contributed by atoms with Crippen LogP contribution in [0.2, 0.25) is 0 Å². The highest BCUT2D eigenvalue weighted by Gasteiger charge is 2.45. The van der Waals surface area contributed by atoms with Gasteiger partial charge < -0.3 is 60.7 Å². The van der Waals surface area contributed by atoms with Gasteiger partial charge in [0.2, 0.25) is 65.0 Å². The summed E-state index contributed by atoms with van der Waals surface area (Å²) < 4.78 is 0. The molecule has 0 bridgehead atoms. The van der Waals surface area contributed by atoms with Crippen molar-refractivity contribution < 1.29 is 62.6 Å². The van der Waals surface area contributed by atoms with Gasteiger partial charge in [0.1, 0.15) is 48.5 Å². The molecule has 24 heteroatoms. The number of hydrogen-bond donors (Lipinski definition) is 5. The molecule has 1 fully saturated rings. The van der Waals surface area contributed by atoms with E-state index in [-0.39, 0.29) is 68.1 Å². The maximum atomic E-state index is 15.1. The highest BCUT2D eigenvalue weighted by atomic mass is 16.3. The molecule has 1 rings (SSSR count). The van der Waals surface area contributed by atoms with Gasteiger partial charge in [0.15, 0.2) is 5.78 Å². The first kappa shape index (κ1) is 85.8. The molecule has 0 aliphatic carbocycles. The molecule has 0 aromatic rings. The molecule has 1 aliphatic heterocycles. The van der Waals surface area contributed by atoms with Gasteiger partial charge in [0.25, 0.3) is 0 Å². The lowest BCUT2D eigenvalue weighted by atomic mass is 9.85. The molecule has 11 amide bonds. The summed E-state index contributed by atoms with van der Waals surface area (Å²) in [5, 5.41) is 23.5.